The molecule has 0 bridgehead atoms. The van der Waals surface area contributed by atoms with Crippen molar-refractivity contribution in [2.45, 2.75) is 0 Å². The van der Waals surface area contributed by atoms with Crippen LogP contribution < -0.4 is 0 Å². The molecule has 3 rings (SSSR count). The van der Waals surface area contributed by atoms with Gasteiger partial charge in [0.05, 0.1) is 11.4 Å². The van der Waals surface area contributed by atoms with Crippen molar-refractivity contribution in [2.75, 3.05) is 0 Å². The summed E-state index contributed by atoms with van der Waals surface area (Å²) in [5.74, 6) is 0. The Morgan fingerprint density at radius 1 is 0.714 bits per heavy atom. The summed E-state index contributed by atoms with van der Waals surface area (Å²) >= 11 is 0. The fourth-order valence-electron chi connectivity index (χ4n) is 1.08. The molecule has 0 saturated carbocycles. The molecular weight excluding hydrogens is 174 g/mol. The lowest BCUT2D eigenvalue weighted by molar-refractivity contribution is 1.33. The summed E-state index contributed by atoms with van der Waals surface area (Å²) in [7, 11) is 0. The number of hydrogen-bond acceptors (Lipinski definition) is 3. The molecule has 14 heavy (non-hydrogen) atoms. The summed E-state index contributed by atoms with van der Waals surface area (Å²) < 4.78 is 0. The Kier molecular flexibility index (Phi) is 2.62. The van der Waals surface area contributed by atoms with E-state index in [1.807, 2.05) is 30.4 Å². The molecule has 3 heteroatoms. The molecule has 0 atom stereocenters. The fourth-order valence-corrected chi connectivity index (χ4v) is 1.08. The van der Waals surface area contributed by atoms with Crippen molar-refractivity contribution in [1.29, 1.82) is 0 Å². The highest BCUT2D eigenvalue weighted by molar-refractivity contribution is 5.88. The average Bonchev–Trinajstić information content (AvgIpc) is 2.82. The molecule has 2 aliphatic heterocycles. The number of pyridine rings is 1. The zero-order valence-electron chi connectivity index (χ0n) is 7.54. The van der Waals surface area contributed by atoms with Gasteiger partial charge in [0.15, 0.2) is 0 Å². The molecule has 2 aliphatic rings. The standard InChI is InChI=1S/C6H4N2.C5H5N/c1-3-7-6-2-4-8-5(1)6;1-2-4-6-5-3-1/h1-4H;1-5H. The second kappa shape index (κ2) is 4.28. The molecule has 1 aromatic heterocycles. The van der Waals surface area contributed by atoms with Gasteiger partial charge in [-0.25, -0.2) is 0 Å². The number of nitrogens with zero attached hydrogens (tertiary/aromatic N) is 3. The maximum Gasteiger partial charge on any atom is 0.0901 e. The first-order valence-electron chi connectivity index (χ1n) is 4.31. The van der Waals surface area contributed by atoms with Gasteiger partial charge >= 0.3 is 0 Å². The molecule has 0 fully saturated rings. The lowest BCUT2D eigenvalue weighted by atomic mass is 10.4. The normalized spacial score (nSPS) is 15.4. The number of allylic oxidation sites excluding steroid dienone is 2. The maximum atomic E-state index is 4.02. The molecule has 3 nitrogen and oxygen atoms in total. The maximum absolute atomic E-state index is 4.02. The molecule has 0 aromatic carbocycles. The second-order valence-corrected chi connectivity index (χ2v) is 2.68. The Hall–Kier alpha value is -2.03. The molecule has 68 valence electrons. The van der Waals surface area contributed by atoms with Crippen molar-refractivity contribution in [2.24, 2.45) is 9.98 Å². The number of aliphatic imine (C=N–C) groups is 2. The van der Waals surface area contributed by atoms with E-state index in [2.05, 4.69) is 15.0 Å². The van der Waals surface area contributed by atoms with Crippen LogP contribution in [0.1, 0.15) is 0 Å². The van der Waals surface area contributed by atoms with Gasteiger partial charge in [-0.05, 0) is 24.3 Å². The van der Waals surface area contributed by atoms with E-state index in [9.17, 15) is 0 Å². The Bertz CT molecular complexity index is 361. The minimum absolute atomic E-state index is 0.991. The van der Waals surface area contributed by atoms with Crippen LogP contribution in [0.2, 0.25) is 0 Å². The SMILES string of the molecule is C1=NC2=CC=NC2=C1.c1ccncc1. The third-order valence-corrected chi connectivity index (χ3v) is 1.72. The minimum atomic E-state index is 0.991. The van der Waals surface area contributed by atoms with Crippen LogP contribution in [-0.4, -0.2) is 17.4 Å². The molecule has 3 heterocycles. The molecule has 0 N–H and O–H groups in total. The van der Waals surface area contributed by atoms with Crippen LogP contribution in [0.4, 0.5) is 0 Å². The molecule has 0 unspecified atom stereocenters. The highest BCUT2D eigenvalue weighted by Gasteiger charge is 2.07. The smallest absolute Gasteiger partial charge is 0.0901 e. The van der Waals surface area contributed by atoms with E-state index in [1.54, 1.807) is 24.8 Å². The Morgan fingerprint density at radius 2 is 1.29 bits per heavy atom. The predicted octanol–water partition coefficient (Wildman–Crippen LogP) is 2.00. The molecule has 0 saturated heterocycles. The number of aromatic nitrogens is 1. The molecule has 0 aliphatic carbocycles. The molecule has 0 spiro atoms. The summed E-state index contributed by atoms with van der Waals surface area (Å²) in [5.41, 5.74) is 1.98. The summed E-state index contributed by atoms with van der Waals surface area (Å²) in [5, 5.41) is 0. The molecule has 1 aromatic rings. The predicted molar refractivity (Wildman–Crippen MR) is 57.4 cm³/mol. The van der Waals surface area contributed by atoms with Crippen molar-refractivity contribution >= 4 is 12.4 Å². The van der Waals surface area contributed by atoms with E-state index >= 15 is 0 Å². The highest BCUT2D eigenvalue weighted by atomic mass is 14.9. The van der Waals surface area contributed by atoms with Crippen molar-refractivity contribution < 1.29 is 0 Å². The third kappa shape index (κ3) is 2.01. The van der Waals surface area contributed by atoms with Gasteiger partial charge in [-0.1, -0.05) is 6.07 Å². The van der Waals surface area contributed by atoms with E-state index in [1.165, 1.54) is 0 Å². The number of rotatable bonds is 0. The monoisotopic (exact) mass is 183 g/mol. The van der Waals surface area contributed by atoms with Gasteiger partial charge in [-0.15, -0.1) is 0 Å². The summed E-state index contributed by atoms with van der Waals surface area (Å²) in [6, 6.07) is 5.72. The van der Waals surface area contributed by atoms with E-state index in [0.717, 1.165) is 11.4 Å². The van der Waals surface area contributed by atoms with Crippen molar-refractivity contribution in [3.05, 3.63) is 54.1 Å². The van der Waals surface area contributed by atoms with Crippen LogP contribution in [0, 0.1) is 0 Å². The first kappa shape index (κ1) is 8.56. The van der Waals surface area contributed by atoms with Gasteiger partial charge in [0.1, 0.15) is 0 Å². The van der Waals surface area contributed by atoms with Gasteiger partial charge in [-0.2, -0.15) is 0 Å². The fraction of sp³-hybridized carbons (Fsp3) is 0. The minimum Gasteiger partial charge on any atom is -0.265 e. The second-order valence-electron chi connectivity index (χ2n) is 2.68. The Labute approximate surface area is 82.2 Å². The topological polar surface area (TPSA) is 37.6 Å². The quantitative estimate of drug-likeness (QED) is 0.606. The van der Waals surface area contributed by atoms with Crippen LogP contribution in [0.25, 0.3) is 0 Å². The first-order chi connectivity index (χ1) is 6.97. The molecular formula is C11H9N3. The first-order valence-corrected chi connectivity index (χ1v) is 4.31. The zero-order valence-corrected chi connectivity index (χ0v) is 7.54. The molecule has 0 radical (unpaired) electrons. The summed E-state index contributed by atoms with van der Waals surface area (Å²) in [6.45, 7) is 0. The van der Waals surface area contributed by atoms with E-state index < -0.39 is 0 Å². The van der Waals surface area contributed by atoms with Crippen molar-refractivity contribution in [3.63, 3.8) is 0 Å². The van der Waals surface area contributed by atoms with Crippen molar-refractivity contribution in [1.82, 2.24) is 4.98 Å². The summed E-state index contributed by atoms with van der Waals surface area (Å²) in [6.07, 6.45) is 10.8. The van der Waals surface area contributed by atoms with Crippen LogP contribution in [0.15, 0.2) is 64.1 Å². The largest absolute Gasteiger partial charge is 0.265 e. The van der Waals surface area contributed by atoms with Gasteiger partial charge in [0, 0.05) is 24.8 Å². The zero-order chi connectivity index (χ0) is 9.64. The highest BCUT2D eigenvalue weighted by Crippen LogP contribution is 2.19. The third-order valence-electron chi connectivity index (χ3n) is 1.72. The van der Waals surface area contributed by atoms with Crippen molar-refractivity contribution in [3.8, 4) is 0 Å². The lowest BCUT2D eigenvalue weighted by Crippen LogP contribution is -1.66. The number of hydrogen-bond donors (Lipinski definition) is 0. The Morgan fingerprint density at radius 3 is 1.64 bits per heavy atom. The average molecular weight is 183 g/mol. The van der Waals surface area contributed by atoms with Gasteiger partial charge in [-0.3, -0.25) is 15.0 Å². The van der Waals surface area contributed by atoms with Crippen LogP contribution in [0.3, 0.4) is 0 Å². The molecule has 0 amide bonds. The lowest BCUT2D eigenvalue weighted by Gasteiger charge is -1.83. The van der Waals surface area contributed by atoms with E-state index in [4.69, 9.17) is 0 Å². The van der Waals surface area contributed by atoms with E-state index in [0.29, 0.717) is 0 Å². The van der Waals surface area contributed by atoms with Crippen LogP contribution >= 0.6 is 0 Å². The van der Waals surface area contributed by atoms with Crippen LogP contribution in [-0.2, 0) is 0 Å². The van der Waals surface area contributed by atoms with Crippen LogP contribution in [0.5, 0.6) is 0 Å². The number of fused-ring (bicyclic) bond motifs is 1. The van der Waals surface area contributed by atoms with Gasteiger partial charge < -0.3 is 0 Å². The van der Waals surface area contributed by atoms with E-state index in [-0.39, 0.29) is 0 Å². The van der Waals surface area contributed by atoms with Gasteiger partial charge in [0.25, 0.3) is 0 Å². The van der Waals surface area contributed by atoms with Gasteiger partial charge in [0.2, 0.25) is 0 Å². The Balaban J connectivity index is 0.000000112. The summed E-state index contributed by atoms with van der Waals surface area (Å²) in [4.78, 5) is 11.8.